The summed E-state index contributed by atoms with van der Waals surface area (Å²) in [5.41, 5.74) is -0.829. The summed E-state index contributed by atoms with van der Waals surface area (Å²) < 4.78 is 35.6. The van der Waals surface area contributed by atoms with Crippen molar-refractivity contribution in [3.63, 3.8) is 0 Å². The third-order valence-electron chi connectivity index (χ3n) is 1.33. The molecule has 1 aromatic rings. The minimum absolute atomic E-state index is 0.0141. The summed E-state index contributed by atoms with van der Waals surface area (Å²) >= 11 is 5.29. The second-order valence-electron chi connectivity index (χ2n) is 2.64. The highest BCUT2D eigenvalue weighted by Gasteiger charge is 2.30. The van der Waals surface area contributed by atoms with E-state index < -0.39 is 17.7 Å². The van der Waals surface area contributed by atoms with Crippen LogP contribution in [0.1, 0.15) is 18.9 Å². The number of carboxylic acids is 1. The highest BCUT2D eigenvalue weighted by molar-refractivity contribution is 6.30. The van der Waals surface area contributed by atoms with Gasteiger partial charge in [-0.25, -0.2) is 0 Å². The Labute approximate surface area is 94.9 Å². The van der Waals surface area contributed by atoms with E-state index in [1.54, 1.807) is 6.92 Å². The quantitative estimate of drug-likeness (QED) is 0.838. The van der Waals surface area contributed by atoms with Crippen molar-refractivity contribution in [2.24, 2.45) is 0 Å². The molecule has 0 radical (unpaired) electrons. The van der Waals surface area contributed by atoms with E-state index >= 15 is 0 Å². The molecule has 1 heterocycles. The zero-order valence-electron chi connectivity index (χ0n) is 8.25. The maximum atomic E-state index is 11.9. The molecule has 0 saturated heterocycles. The van der Waals surface area contributed by atoms with Crippen LogP contribution >= 0.6 is 11.6 Å². The number of carbonyl (C=O) groups is 1. The third-order valence-corrected chi connectivity index (χ3v) is 1.54. The lowest BCUT2D eigenvalue weighted by atomic mass is 10.3. The average Bonchev–Trinajstić information content (AvgIpc) is 2.17. The van der Waals surface area contributed by atoms with Gasteiger partial charge in [-0.1, -0.05) is 18.5 Å². The highest BCUT2D eigenvalue weighted by Crippen LogP contribution is 2.29. The zero-order valence-corrected chi connectivity index (χ0v) is 9.01. The van der Waals surface area contributed by atoms with Crippen LogP contribution in [0.15, 0.2) is 18.5 Å². The van der Waals surface area contributed by atoms with Gasteiger partial charge in [-0.2, -0.15) is 13.2 Å². The van der Waals surface area contributed by atoms with Crippen LogP contribution in [0.4, 0.5) is 13.2 Å². The smallest absolute Gasteiger partial charge is 0.417 e. The number of rotatable bonds is 1. The monoisotopic (exact) mass is 255 g/mol. The molecule has 1 rings (SSSR count). The van der Waals surface area contributed by atoms with Gasteiger partial charge in [0.15, 0.2) is 0 Å². The summed E-state index contributed by atoms with van der Waals surface area (Å²) in [6, 6.07) is 0.828. The van der Waals surface area contributed by atoms with Crippen LogP contribution in [0, 0.1) is 0 Å². The van der Waals surface area contributed by atoms with Gasteiger partial charge >= 0.3 is 12.1 Å². The number of hydrogen-bond acceptors (Lipinski definition) is 2. The topological polar surface area (TPSA) is 50.2 Å². The molecule has 0 atom stereocenters. The number of alkyl halides is 3. The van der Waals surface area contributed by atoms with Crippen LogP contribution in [0.5, 0.6) is 0 Å². The van der Waals surface area contributed by atoms with Crippen LogP contribution < -0.4 is 0 Å². The molecule has 0 aliphatic rings. The summed E-state index contributed by atoms with van der Waals surface area (Å²) in [6.07, 6.45) is -2.26. The maximum absolute atomic E-state index is 11.9. The first-order valence-electron chi connectivity index (χ1n) is 4.17. The lowest BCUT2D eigenvalue weighted by Gasteiger charge is -2.04. The molecular formula is C9H9ClF3NO2. The molecule has 16 heavy (non-hydrogen) atoms. The molecule has 1 N–H and O–H groups in total. The fourth-order valence-electron chi connectivity index (χ4n) is 0.567. The first-order valence-corrected chi connectivity index (χ1v) is 4.54. The molecule has 0 bridgehead atoms. The average molecular weight is 256 g/mol. The van der Waals surface area contributed by atoms with Crippen molar-refractivity contribution in [2.45, 2.75) is 19.5 Å². The fourth-order valence-corrected chi connectivity index (χ4v) is 0.741. The highest BCUT2D eigenvalue weighted by atomic mass is 35.5. The number of hydrogen-bond donors (Lipinski definition) is 1. The van der Waals surface area contributed by atoms with Crippen LogP contribution in [0.25, 0.3) is 0 Å². The van der Waals surface area contributed by atoms with Crippen molar-refractivity contribution in [3.05, 3.63) is 29.0 Å². The first kappa shape index (κ1) is 14.7. The van der Waals surface area contributed by atoms with Gasteiger partial charge in [-0.3, -0.25) is 9.78 Å². The summed E-state index contributed by atoms with van der Waals surface area (Å²) in [5.74, 6) is -0.745. The predicted octanol–water partition coefficient (Wildman–Crippen LogP) is 3.23. The Morgan fingerprint density at radius 3 is 2.25 bits per heavy atom. The summed E-state index contributed by atoms with van der Waals surface area (Å²) in [5, 5.41) is 7.71. The minimum Gasteiger partial charge on any atom is -0.481 e. The van der Waals surface area contributed by atoms with Crippen LogP contribution in [0.3, 0.4) is 0 Å². The van der Waals surface area contributed by atoms with E-state index in [1.165, 1.54) is 0 Å². The SMILES string of the molecule is CCC(=O)O.FC(F)(F)c1cncc(Cl)c1. The third kappa shape index (κ3) is 6.23. The van der Waals surface area contributed by atoms with Gasteiger partial charge in [-0.15, -0.1) is 0 Å². The first-order chi connectivity index (χ1) is 7.27. The minimum atomic E-state index is -4.36. The molecule has 0 aromatic carbocycles. The lowest BCUT2D eigenvalue weighted by Crippen LogP contribution is -2.04. The van der Waals surface area contributed by atoms with Crippen molar-refractivity contribution in [2.75, 3.05) is 0 Å². The van der Waals surface area contributed by atoms with Crippen molar-refractivity contribution >= 4 is 17.6 Å². The maximum Gasteiger partial charge on any atom is 0.417 e. The Balaban J connectivity index is 0.000000385. The van der Waals surface area contributed by atoms with Crippen molar-refractivity contribution in [1.29, 1.82) is 0 Å². The second-order valence-corrected chi connectivity index (χ2v) is 3.07. The number of halogens is 4. The van der Waals surface area contributed by atoms with Crippen molar-refractivity contribution in [3.8, 4) is 0 Å². The molecule has 0 spiro atoms. The van der Waals surface area contributed by atoms with Gasteiger partial charge in [0.2, 0.25) is 0 Å². The molecule has 1 aromatic heterocycles. The number of pyridine rings is 1. The molecule has 90 valence electrons. The van der Waals surface area contributed by atoms with E-state index in [0.29, 0.717) is 0 Å². The van der Waals surface area contributed by atoms with Crippen LogP contribution in [0.2, 0.25) is 5.02 Å². The fraction of sp³-hybridized carbons (Fsp3) is 0.333. The molecule has 0 saturated carbocycles. The van der Waals surface area contributed by atoms with Crippen molar-refractivity contribution < 1.29 is 23.1 Å². The Morgan fingerprint density at radius 1 is 1.50 bits per heavy atom. The van der Waals surface area contributed by atoms with E-state index in [-0.39, 0.29) is 11.4 Å². The molecule has 0 unspecified atom stereocenters. The van der Waals surface area contributed by atoms with Crippen molar-refractivity contribution in [1.82, 2.24) is 4.98 Å². The molecular weight excluding hydrogens is 247 g/mol. The van der Waals surface area contributed by atoms with Gasteiger partial charge < -0.3 is 5.11 Å². The van der Waals surface area contributed by atoms with Gasteiger partial charge in [0.25, 0.3) is 0 Å². The van der Waals surface area contributed by atoms with E-state index in [9.17, 15) is 18.0 Å². The Hall–Kier alpha value is -1.30. The molecule has 3 nitrogen and oxygen atoms in total. The van der Waals surface area contributed by atoms with Gasteiger partial charge in [0, 0.05) is 18.8 Å². The van der Waals surface area contributed by atoms with Crippen LogP contribution in [-0.2, 0) is 11.0 Å². The Kier molecular flexibility index (Phi) is 5.81. The molecule has 0 fully saturated rings. The standard InChI is InChI=1S/C6H3ClF3N.C3H6O2/c7-5-1-4(2-11-3-5)6(8,9)10;1-2-3(4)5/h1-3H;2H2,1H3,(H,4,5). The Bertz CT molecular complexity index is 355. The van der Waals surface area contributed by atoms with Gasteiger partial charge in [0.05, 0.1) is 10.6 Å². The lowest BCUT2D eigenvalue weighted by molar-refractivity contribution is -0.138. The van der Waals surface area contributed by atoms with E-state index in [1.807, 2.05) is 0 Å². The second kappa shape index (κ2) is 6.32. The summed E-state index contributed by atoms with van der Waals surface area (Å²) in [7, 11) is 0. The van der Waals surface area contributed by atoms with Crippen LogP contribution in [-0.4, -0.2) is 16.1 Å². The normalized spacial score (nSPS) is 10.3. The van der Waals surface area contributed by atoms with Gasteiger partial charge in [-0.05, 0) is 6.07 Å². The predicted molar refractivity (Wildman–Crippen MR) is 52.2 cm³/mol. The summed E-state index contributed by atoms with van der Waals surface area (Å²) in [4.78, 5) is 12.7. The van der Waals surface area contributed by atoms with E-state index in [2.05, 4.69) is 4.98 Å². The number of carboxylic acid groups (broad SMARTS) is 1. The van der Waals surface area contributed by atoms with E-state index in [0.717, 1.165) is 18.5 Å². The Morgan fingerprint density at radius 2 is 2.00 bits per heavy atom. The molecule has 0 amide bonds. The summed E-state index contributed by atoms with van der Waals surface area (Å²) in [6.45, 7) is 1.60. The zero-order chi connectivity index (χ0) is 12.8. The molecule has 7 heteroatoms. The van der Waals surface area contributed by atoms with E-state index in [4.69, 9.17) is 16.7 Å². The number of nitrogens with zero attached hydrogens (tertiary/aromatic N) is 1. The number of aromatic nitrogens is 1. The number of aliphatic carboxylic acids is 1. The van der Waals surface area contributed by atoms with Gasteiger partial charge in [0.1, 0.15) is 0 Å². The molecule has 0 aliphatic carbocycles. The largest absolute Gasteiger partial charge is 0.481 e. The molecule has 0 aliphatic heterocycles.